The quantitative estimate of drug-likeness (QED) is 0.735. The van der Waals surface area contributed by atoms with Crippen molar-refractivity contribution >= 4 is 5.91 Å². The van der Waals surface area contributed by atoms with Gasteiger partial charge in [0.05, 0.1) is 6.61 Å². The fourth-order valence-electron chi connectivity index (χ4n) is 1.89. The van der Waals surface area contributed by atoms with Crippen molar-refractivity contribution in [2.45, 2.75) is 31.0 Å². The van der Waals surface area contributed by atoms with Crippen LogP contribution in [0.3, 0.4) is 0 Å². The molecule has 1 fully saturated rings. The van der Waals surface area contributed by atoms with Crippen LogP contribution >= 0.6 is 0 Å². The van der Waals surface area contributed by atoms with E-state index in [9.17, 15) is 26.7 Å². The van der Waals surface area contributed by atoms with Crippen molar-refractivity contribution in [3.63, 3.8) is 0 Å². The highest BCUT2D eigenvalue weighted by atomic mass is 19.4. The molecule has 0 saturated carbocycles. The first kappa shape index (κ1) is 16.1. The van der Waals surface area contributed by atoms with Crippen molar-refractivity contribution in [3.05, 3.63) is 0 Å². The van der Waals surface area contributed by atoms with Crippen LogP contribution in [0, 0.1) is 0 Å². The maximum atomic E-state index is 13.0. The Bertz CT molecular complexity index is 316. The van der Waals surface area contributed by atoms with E-state index in [2.05, 4.69) is 5.32 Å². The maximum absolute atomic E-state index is 13.0. The molecule has 0 aromatic heterocycles. The number of amides is 1. The first-order chi connectivity index (χ1) is 8.70. The number of nitrogens with one attached hydrogen (secondary N) is 1. The highest BCUT2D eigenvalue weighted by molar-refractivity contribution is 5.84. The van der Waals surface area contributed by atoms with Crippen molar-refractivity contribution in [2.75, 3.05) is 26.2 Å². The Labute approximate surface area is 106 Å². The average molecular weight is 290 g/mol. The summed E-state index contributed by atoms with van der Waals surface area (Å²) in [6.07, 6.45) is -4.57. The Kier molecular flexibility index (Phi) is 5.08. The summed E-state index contributed by atoms with van der Waals surface area (Å²) in [5, 5.41) is 11.6. The molecule has 0 aliphatic carbocycles. The van der Waals surface area contributed by atoms with Gasteiger partial charge in [0.15, 0.2) is 0 Å². The number of alkyl halides is 5. The van der Waals surface area contributed by atoms with Crippen LogP contribution in [0.2, 0.25) is 0 Å². The van der Waals surface area contributed by atoms with Gasteiger partial charge in [-0.1, -0.05) is 0 Å². The highest BCUT2D eigenvalue weighted by Crippen LogP contribution is 2.36. The number of aliphatic hydroxyl groups excluding tert-OH is 1. The van der Waals surface area contributed by atoms with Crippen LogP contribution in [-0.2, 0) is 4.79 Å². The zero-order valence-corrected chi connectivity index (χ0v) is 10.0. The average Bonchev–Trinajstić information content (AvgIpc) is 2.78. The highest BCUT2D eigenvalue weighted by Gasteiger charge is 2.64. The minimum atomic E-state index is -5.93. The van der Waals surface area contributed by atoms with Gasteiger partial charge in [-0.2, -0.15) is 22.0 Å². The fourth-order valence-corrected chi connectivity index (χ4v) is 1.89. The van der Waals surface area contributed by atoms with E-state index < -0.39 is 31.2 Å². The van der Waals surface area contributed by atoms with Crippen LogP contribution in [0.5, 0.6) is 0 Å². The number of rotatable bonds is 5. The first-order valence-corrected chi connectivity index (χ1v) is 5.78. The van der Waals surface area contributed by atoms with Gasteiger partial charge in [-0.15, -0.1) is 0 Å². The topological polar surface area (TPSA) is 52.6 Å². The van der Waals surface area contributed by atoms with E-state index in [1.807, 2.05) is 0 Å². The smallest absolute Gasteiger partial charge is 0.395 e. The molecule has 1 aliphatic rings. The Balaban J connectivity index is 2.76. The molecule has 1 atom stereocenters. The van der Waals surface area contributed by atoms with E-state index in [-0.39, 0.29) is 12.6 Å². The molecule has 0 bridgehead atoms. The zero-order chi connectivity index (χ0) is 14.7. The van der Waals surface area contributed by atoms with Gasteiger partial charge in [-0.25, -0.2) is 0 Å². The number of halogens is 5. The number of nitrogens with zero attached hydrogens (tertiary/aromatic N) is 1. The standard InChI is InChI=1S/C10H15F5N2O2/c11-9(12,10(13,14)15)8(19)17(4-5-18)6-7-2-1-3-16-7/h7,16,18H,1-6H2. The fraction of sp³-hybridized carbons (Fsp3) is 0.900. The Morgan fingerprint density at radius 1 is 1.32 bits per heavy atom. The molecule has 0 aromatic carbocycles. The molecule has 0 aromatic rings. The third-order valence-corrected chi connectivity index (χ3v) is 2.88. The molecule has 0 spiro atoms. The number of carbonyl (C=O) groups is 1. The molecule has 0 radical (unpaired) electrons. The van der Waals surface area contributed by atoms with Gasteiger partial charge < -0.3 is 15.3 Å². The van der Waals surface area contributed by atoms with Gasteiger partial charge in [0.25, 0.3) is 0 Å². The molecule has 2 N–H and O–H groups in total. The van der Waals surface area contributed by atoms with Gasteiger partial charge >= 0.3 is 18.0 Å². The number of aliphatic hydroxyl groups is 1. The molecule has 1 unspecified atom stereocenters. The van der Waals surface area contributed by atoms with Crippen molar-refractivity contribution < 1.29 is 31.9 Å². The number of hydrogen-bond donors (Lipinski definition) is 2. The molecule has 4 nitrogen and oxygen atoms in total. The molecule has 112 valence electrons. The molecule has 1 aliphatic heterocycles. The van der Waals surface area contributed by atoms with Gasteiger partial charge in [0, 0.05) is 19.1 Å². The van der Waals surface area contributed by atoms with E-state index in [0.29, 0.717) is 17.9 Å². The zero-order valence-electron chi connectivity index (χ0n) is 10.0. The van der Waals surface area contributed by atoms with Crippen LogP contribution in [0.4, 0.5) is 22.0 Å². The van der Waals surface area contributed by atoms with Crippen molar-refractivity contribution in [2.24, 2.45) is 0 Å². The summed E-state index contributed by atoms with van der Waals surface area (Å²) in [4.78, 5) is 11.7. The lowest BCUT2D eigenvalue weighted by atomic mass is 10.2. The van der Waals surface area contributed by atoms with Crippen molar-refractivity contribution in [1.29, 1.82) is 0 Å². The summed E-state index contributed by atoms with van der Waals surface area (Å²) in [7, 11) is 0. The molecule has 19 heavy (non-hydrogen) atoms. The van der Waals surface area contributed by atoms with Crippen LogP contribution in [0.1, 0.15) is 12.8 Å². The van der Waals surface area contributed by atoms with E-state index in [0.717, 1.165) is 6.42 Å². The maximum Gasteiger partial charge on any atom is 0.463 e. The largest absolute Gasteiger partial charge is 0.463 e. The summed E-state index contributed by atoms with van der Waals surface area (Å²) < 4.78 is 62.3. The summed E-state index contributed by atoms with van der Waals surface area (Å²) in [5.41, 5.74) is 0. The normalized spacial score (nSPS) is 20.6. The third kappa shape index (κ3) is 3.75. The van der Waals surface area contributed by atoms with Crippen LogP contribution in [0.25, 0.3) is 0 Å². The molecule has 9 heteroatoms. The summed E-state index contributed by atoms with van der Waals surface area (Å²) >= 11 is 0. The molecule has 1 saturated heterocycles. The van der Waals surface area contributed by atoms with Crippen LogP contribution in [-0.4, -0.2) is 60.3 Å². The molecule has 1 amide bonds. The second-order valence-corrected chi connectivity index (χ2v) is 4.34. The minimum absolute atomic E-state index is 0.273. The lowest BCUT2D eigenvalue weighted by Crippen LogP contribution is -2.55. The summed E-state index contributed by atoms with van der Waals surface area (Å²) in [5.74, 6) is -7.75. The molecular formula is C10H15F5N2O2. The van der Waals surface area contributed by atoms with E-state index in [1.54, 1.807) is 0 Å². The Hall–Kier alpha value is -0.960. The molecular weight excluding hydrogens is 275 g/mol. The van der Waals surface area contributed by atoms with Gasteiger partial charge in [-0.3, -0.25) is 4.79 Å². The monoisotopic (exact) mass is 290 g/mol. The Morgan fingerprint density at radius 2 is 1.95 bits per heavy atom. The minimum Gasteiger partial charge on any atom is -0.395 e. The van der Waals surface area contributed by atoms with Gasteiger partial charge in [0.1, 0.15) is 0 Å². The number of carbonyl (C=O) groups excluding carboxylic acids is 1. The van der Waals surface area contributed by atoms with E-state index >= 15 is 0 Å². The second kappa shape index (κ2) is 6.00. The van der Waals surface area contributed by atoms with Crippen molar-refractivity contribution in [3.8, 4) is 0 Å². The SMILES string of the molecule is O=C(N(CCO)CC1CCCN1)C(F)(F)C(F)(F)F. The number of hydrogen-bond acceptors (Lipinski definition) is 3. The van der Waals surface area contributed by atoms with Crippen LogP contribution < -0.4 is 5.32 Å². The first-order valence-electron chi connectivity index (χ1n) is 5.78. The molecule has 1 heterocycles. The van der Waals surface area contributed by atoms with Gasteiger partial charge in [-0.05, 0) is 19.4 Å². The Morgan fingerprint density at radius 3 is 2.37 bits per heavy atom. The second-order valence-electron chi connectivity index (χ2n) is 4.34. The molecule has 1 rings (SSSR count). The third-order valence-electron chi connectivity index (χ3n) is 2.88. The predicted molar refractivity (Wildman–Crippen MR) is 55.7 cm³/mol. The lowest BCUT2D eigenvalue weighted by molar-refractivity contribution is -0.274. The van der Waals surface area contributed by atoms with Crippen molar-refractivity contribution in [1.82, 2.24) is 10.2 Å². The predicted octanol–water partition coefficient (Wildman–Crippen LogP) is 0.757. The summed E-state index contributed by atoms with van der Waals surface area (Å²) in [6, 6.07) is -0.320. The summed E-state index contributed by atoms with van der Waals surface area (Å²) in [6.45, 7) is -0.873. The van der Waals surface area contributed by atoms with E-state index in [1.165, 1.54) is 0 Å². The van der Waals surface area contributed by atoms with Gasteiger partial charge in [0.2, 0.25) is 0 Å². The van der Waals surface area contributed by atoms with E-state index in [4.69, 9.17) is 5.11 Å². The lowest BCUT2D eigenvalue weighted by Gasteiger charge is -2.29. The van der Waals surface area contributed by atoms with Crippen LogP contribution in [0.15, 0.2) is 0 Å².